The molecule has 0 bridgehead atoms. The van der Waals surface area contributed by atoms with Gasteiger partial charge in [-0.2, -0.15) is 10.2 Å². The van der Waals surface area contributed by atoms with Gasteiger partial charge in [-0.05, 0) is 31.7 Å². The summed E-state index contributed by atoms with van der Waals surface area (Å²) in [6, 6.07) is 1.54. The summed E-state index contributed by atoms with van der Waals surface area (Å²) in [5, 5.41) is 27.2. The van der Waals surface area contributed by atoms with Crippen LogP contribution in [0.15, 0.2) is 12.3 Å². The van der Waals surface area contributed by atoms with Crippen LogP contribution >= 0.6 is 0 Å². The molecular formula is C18H24N6O4. The molecule has 10 nitrogen and oxygen atoms in total. The Bertz CT molecular complexity index is 848. The van der Waals surface area contributed by atoms with E-state index in [2.05, 4.69) is 25.7 Å². The number of aromatic nitrogens is 4. The van der Waals surface area contributed by atoms with E-state index in [1.165, 1.54) is 6.20 Å². The number of hydrogen-bond acceptors (Lipinski definition) is 6. The molecule has 2 aliphatic rings. The minimum atomic E-state index is -1.39. The minimum Gasteiger partial charge on any atom is -0.384 e. The molecule has 28 heavy (non-hydrogen) atoms. The average molecular weight is 388 g/mol. The number of nitrogens with zero attached hydrogens (tertiary/aromatic N) is 3. The molecule has 3 heterocycles. The lowest BCUT2D eigenvalue weighted by atomic mass is 9.95. The first-order chi connectivity index (χ1) is 13.6. The SMILES string of the molecule is O=C(NC[C@@]1(O)COCCN(C(=O)c2n[nH]c3c2CCCC3)C1)c1ccn[nH]1. The standard InChI is InChI=1S/C18H24N6O4/c25-16(14-5-6-20-21-14)19-9-18(27)10-24(7-8-28-11-18)17(26)15-12-3-1-2-4-13(12)22-23-15/h5-6,27H,1-4,7-11H2,(H,19,25)(H,20,21)(H,22,23)/t18-/m0/s1. The van der Waals surface area contributed by atoms with Crippen LogP contribution in [0, 0.1) is 0 Å². The van der Waals surface area contributed by atoms with Crippen molar-refractivity contribution in [2.75, 3.05) is 32.8 Å². The topological polar surface area (TPSA) is 136 Å². The Balaban J connectivity index is 1.45. The molecule has 2 aromatic rings. The normalized spacial score (nSPS) is 22.4. The number of aryl methyl sites for hydroxylation is 1. The number of amides is 2. The second kappa shape index (κ2) is 7.72. The van der Waals surface area contributed by atoms with E-state index in [1.54, 1.807) is 11.0 Å². The Kier molecular flexibility index (Phi) is 5.14. The molecule has 0 aromatic carbocycles. The summed E-state index contributed by atoms with van der Waals surface area (Å²) in [5.41, 5.74) is 1.35. The number of nitrogens with one attached hydrogen (secondary N) is 3. The van der Waals surface area contributed by atoms with E-state index in [0.717, 1.165) is 36.9 Å². The predicted molar refractivity (Wildman–Crippen MR) is 97.8 cm³/mol. The average Bonchev–Trinajstić information content (AvgIpc) is 3.34. The second-order valence-corrected chi connectivity index (χ2v) is 7.39. The number of carbonyl (C=O) groups excluding carboxylic acids is 2. The van der Waals surface area contributed by atoms with Crippen LogP contribution < -0.4 is 5.32 Å². The van der Waals surface area contributed by atoms with Gasteiger partial charge in [-0.1, -0.05) is 0 Å². The number of H-pyrrole nitrogens is 2. The van der Waals surface area contributed by atoms with Crippen molar-refractivity contribution in [2.24, 2.45) is 0 Å². The van der Waals surface area contributed by atoms with Gasteiger partial charge in [-0.3, -0.25) is 19.8 Å². The summed E-state index contributed by atoms with van der Waals surface area (Å²) in [4.78, 5) is 26.7. The number of hydrogen-bond donors (Lipinski definition) is 4. The Labute approximate surface area is 161 Å². The fraction of sp³-hybridized carbons (Fsp3) is 0.556. The zero-order chi connectivity index (χ0) is 19.6. The highest BCUT2D eigenvalue weighted by atomic mass is 16.5. The molecule has 0 unspecified atom stereocenters. The number of β-amino-alcohol motifs (C(OH)–C–C–N with tert-alkyl or cyclic N) is 1. The highest BCUT2D eigenvalue weighted by Gasteiger charge is 2.36. The highest BCUT2D eigenvalue weighted by molar-refractivity contribution is 5.94. The van der Waals surface area contributed by atoms with Crippen molar-refractivity contribution in [2.45, 2.75) is 31.3 Å². The van der Waals surface area contributed by atoms with Crippen molar-refractivity contribution in [1.29, 1.82) is 0 Å². The molecule has 150 valence electrons. The van der Waals surface area contributed by atoms with Crippen molar-refractivity contribution in [1.82, 2.24) is 30.6 Å². The van der Waals surface area contributed by atoms with Crippen molar-refractivity contribution < 1.29 is 19.4 Å². The molecule has 4 N–H and O–H groups in total. The number of ether oxygens (including phenoxy) is 1. The summed E-state index contributed by atoms with van der Waals surface area (Å²) < 4.78 is 5.50. The molecule has 10 heteroatoms. The van der Waals surface area contributed by atoms with E-state index in [-0.39, 0.29) is 31.5 Å². The summed E-state index contributed by atoms with van der Waals surface area (Å²) in [7, 11) is 0. The van der Waals surface area contributed by atoms with E-state index < -0.39 is 5.60 Å². The number of aliphatic hydroxyl groups is 1. The van der Waals surface area contributed by atoms with Crippen LogP contribution in [-0.4, -0.2) is 80.7 Å². The van der Waals surface area contributed by atoms with Gasteiger partial charge in [0.15, 0.2) is 5.69 Å². The monoisotopic (exact) mass is 388 g/mol. The third-order valence-electron chi connectivity index (χ3n) is 5.23. The van der Waals surface area contributed by atoms with Gasteiger partial charge >= 0.3 is 0 Å². The maximum absolute atomic E-state index is 13.1. The molecule has 2 aromatic heterocycles. The fourth-order valence-corrected chi connectivity index (χ4v) is 3.73. The van der Waals surface area contributed by atoms with Crippen LogP contribution in [0.5, 0.6) is 0 Å². The van der Waals surface area contributed by atoms with Gasteiger partial charge in [0.2, 0.25) is 0 Å². The molecule has 1 atom stereocenters. The van der Waals surface area contributed by atoms with Gasteiger partial charge in [-0.15, -0.1) is 0 Å². The van der Waals surface area contributed by atoms with Crippen LogP contribution in [0.2, 0.25) is 0 Å². The highest BCUT2D eigenvalue weighted by Crippen LogP contribution is 2.24. The maximum Gasteiger partial charge on any atom is 0.274 e. The lowest BCUT2D eigenvalue weighted by molar-refractivity contribution is -0.0324. The van der Waals surface area contributed by atoms with Crippen molar-refractivity contribution in [3.05, 3.63) is 34.9 Å². The van der Waals surface area contributed by atoms with Gasteiger partial charge < -0.3 is 20.1 Å². The third-order valence-corrected chi connectivity index (χ3v) is 5.23. The molecule has 1 aliphatic carbocycles. The van der Waals surface area contributed by atoms with Crippen LogP contribution in [0.1, 0.15) is 45.1 Å². The van der Waals surface area contributed by atoms with Gasteiger partial charge in [0.25, 0.3) is 11.8 Å². The quantitative estimate of drug-likeness (QED) is 0.565. The molecule has 1 saturated heterocycles. The van der Waals surface area contributed by atoms with Crippen molar-refractivity contribution >= 4 is 11.8 Å². The van der Waals surface area contributed by atoms with Gasteiger partial charge in [0.05, 0.1) is 26.3 Å². The molecule has 1 aliphatic heterocycles. The summed E-state index contributed by atoms with van der Waals surface area (Å²) in [6.45, 7) is 0.704. The number of aromatic amines is 2. The van der Waals surface area contributed by atoms with Gasteiger partial charge in [0, 0.05) is 24.0 Å². The van der Waals surface area contributed by atoms with Gasteiger partial charge in [-0.25, -0.2) is 0 Å². The first-order valence-electron chi connectivity index (χ1n) is 9.49. The lowest BCUT2D eigenvalue weighted by Gasteiger charge is -2.30. The van der Waals surface area contributed by atoms with Crippen LogP contribution in [0.3, 0.4) is 0 Å². The Morgan fingerprint density at radius 3 is 3.00 bits per heavy atom. The largest absolute Gasteiger partial charge is 0.384 e. The van der Waals surface area contributed by atoms with E-state index in [0.29, 0.717) is 24.5 Å². The summed E-state index contributed by atoms with van der Waals surface area (Å²) in [5.74, 6) is -0.599. The molecule has 1 fully saturated rings. The Morgan fingerprint density at radius 2 is 2.18 bits per heavy atom. The molecule has 2 amide bonds. The Hall–Kier alpha value is -2.72. The number of carbonyl (C=O) groups is 2. The van der Waals surface area contributed by atoms with Crippen LogP contribution in [0.4, 0.5) is 0 Å². The zero-order valence-electron chi connectivity index (χ0n) is 15.5. The predicted octanol–water partition coefficient (Wildman–Crippen LogP) is -0.355. The zero-order valence-corrected chi connectivity index (χ0v) is 15.5. The smallest absolute Gasteiger partial charge is 0.274 e. The van der Waals surface area contributed by atoms with Crippen LogP contribution in [0.25, 0.3) is 0 Å². The molecule has 0 radical (unpaired) electrons. The number of fused-ring (bicyclic) bond motifs is 1. The third kappa shape index (κ3) is 3.78. The molecule has 4 rings (SSSR count). The molecular weight excluding hydrogens is 364 g/mol. The van der Waals surface area contributed by atoms with E-state index in [9.17, 15) is 14.7 Å². The van der Waals surface area contributed by atoms with Gasteiger partial charge in [0.1, 0.15) is 11.3 Å². The van der Waals surface area contributed by atoms with Crippen molar-refractivity contribution in [3.8, 4) is 0 Å². The molecule has 0 spiro atoms. The minimum absolute atomic E-state index is 0.0265. The lowest BCUT2D eigenvalue weighted by Crippen LogP contribution is -2.53. The van der Waals surface area contributed by atoms with E-state index in [1.807, 2.05) is 0 Å². The maximum atomic E-state index is 13.1. The van der Waals surface area contributed by atoms with E-state index in [4.69, 9.17) is 4.74 Å². The van der Waals surface area contributed by atoms with E-state index >= 15 is 0 Å². The second-order valence-electron chi connectivity index (χ2n) is 7.39. The summed E-state index contributed by atoms with van der Waals surface area (Å²) >= 11 is 0. The number of rotatable bonds is 4. The first kappa shape index (κ1) is 18.6. The fourth-order valence-electron chi connectivity index (χ4n) is 3.73. The molecule has 0 saturated carbocycles. The first-order valence-corrected chi connectivity index (χ1v) is 9.49. The van der Waals surface area contributed by atoms with Crippen LogP contribution in [-0.2, 0) is 17.6 Å². The summed E-state index contributed by atoms with van der Waals surface area (Å²) in [6.07, 6.45) is 5.35. The Morgan fingerprint density at radius 1 is 1.32 bits per heavy atom. The van der Waals surface area contributed by atoms with Crippen molar-refractivity contribution in [3.63, 3.8) is 0 Å².